The molecule has 46 heavy (non-hydrogen) atoms. The van der Waals surface area contributed by atoms with E-state index < -0.39 is 8.25 Å². The Morgan fingerprint density at radius 3 is 0.587 bits per heavy atom. The summed E-state index contributed by atoms with van der Waals surface area (Å²) in [6, 6.07) is 0. The summed E-state index contributed by atoms with van der Waals surface area (Å²) >= 11 is 0. The molecular formula is C42H89O3P. The third kappa shape index (κ3) is 48.5. The van der Waals surface area contributed by atoms with Gasteiger partial charge >= 0.3 is 8.25 Å². The van der Waals surface area contributed by atoms with E-state index in [0.29, 0.717) is 13.2 Å². The smallest absolute Gasteiger partial charge is 0.311 e. The third-order valence-electron chi connectivity index (χ3n) is 9.39. The van der Waals surface area contributed by atoms with Crippen LogP contribution in [0.15, 0.2) is 0 Å². The van der Waals surface area contributed by atoms with Crippen LogP contribution >= 0.6 is 8.25 Å². The zero-order chi connectivity index (χ0) is 33.9. The van der Waals surface area contributed by atoms with Crippen molar-refractivity contribution in [1.29, 1.82) is 0 Å². The van der Waals surface area contributed by atoms with Gasteiger partial charge < -0.3 is 9.05 Å². The normalized spacial score (nSPS) is 11.3. The summed E-state index contributed by atoms with van der Waals surface area (Å²) in [4.78, 5) is 0. The standard InChI is InChI=1S/C28H59O3P.C14H30/c1-3-5-7-9-11-13-15-17-19-21-23-25-27-30-32(29)31-28-26-24-22-20-18-16-14-12-10-8-6-4-2;1-3-5-7-9-11-13-14-12-10-8-6-4-2/h32H,3-28H2,1-2H3;3-14H2,1-2H3. The fraction of sp³-hybridized carbons (Fsp3) is 1.00. The summed E-state index contributed by atoms with van der Waals surface area (Å²) in [6.07, 6.45) is 49.4. The molecule has 0 fully saturated rings. The van der Waals surface area contributed by atoms with Crippen LogP contribution in [0, 0.1) is 0 Å². The van der Waals surface area contributed by atoms with Crippen molar-refractivity contribution in [1.82, 2.24) is 0 Å². The van der Waals surface area contributed by atoms with E-state index in [1.807, 2.05) is 0 Å². The molecule has 0 atom stereocenters. The summed E-state index contributed by atoms with van der Waals surface area (Å²) in [5.74, 6) is 0. The molecule has 0 saturated heterocycles. The second kappa shape index (κ2) is 47.3. The Bertz CT molecular complexity index is 483. The van der Waals surface area contributed by atoms with Gasteiger partial charge in [0.2, 0.25) is 0 Å². The fourth-order valence-corrected chi connectivity index (χ4v) is 6.86. The molecule has 0 aliphatic rings. The summed E-state index contributed by atoms with van der Waals surface area (Å²) in [5.41, 5.74) is 0. The highest BCUT2D eigenvalue weighted by Gasteiger charge is 2.01. The molecule has 0 rings (SSSR count). The Morgan fingerprint density at radius 1 is 0.261 bits per heavy atom. The molecular weight excluding hydrogens is 583 g/mol. The maximum Gasteiger partial charge on any atom is 0.319 e. The van der Waals surface area contributed by atoms with E-state index >= 15 is 0 Å². The van der Waals surface area contributed by atoms with E-state index in [1.54, 1.807) is 0 Å². The van der Waals surface area contributed by atoms with E-state index in [-0.39, 0.29) is 0 Å². The zero-order valence-electron chi connectivity index (χ0n) is 32.6. The van der Waals surface area contributed by atoms with Gasteiger partial charge in [-0.3, -0.25) is 4.57 Å². The minimum absolute atomic E-state index is 0.591. The number of unbranched alkanes of at least 4 members (excludes halogenated alkanes) is 33. The van der Waals surface area contributed by atoms with Crippen molar-refractivity contribution >= 4 is 8.25 Å². The first-order chi connectivity index (χ1) is 22.7. The topological polar surface area (TPSA) is 35.5 Å². The van der Waals surface area contributed by atoms with Gasteiger partial charge in [-0.15, -0.1) is 0 Å². The van der Waals surface area contributed by atoms with Crippen LogP contribution in [-0.4, -0.2) is 13.2 Å². The van der Waals surface area contributed by atoms with E-state index in [1.165, 1.54) is 218 Å². The molecule has 0 bridgehead atoms. The summed E-state index contributed by atoms with van der Waals surface area (Å²) in [7, 11) is -2.27. The lowest BCUT2D eigenvalue weighted by atomic mass is 10.1. The molecule has 0 aliphatic carbocycles. The number of hydrogen-bond acceptors (Lipinski definition) is 3. The van der Waals surface area contributed by atoms with Crippen LogP contribution in [0.3, 0.4) is 0 Å². The average Bonchev–Trinajstić information content (AvgIpc) is 3.06. The molecule has 0 aromatic carbocycles. The van der Waals surface area contributed by atoms with Gasteiger partial charge in [0.25, 0.3) is 0 Å². The maximum absolute atomic E-state index is 11.8. The van der Waals surface area contributed by atoms with Crippen LogP contribution in [0.1, 0.15) is 259 Å². The van der Waals surface area contributed by atoms with Gasteiger partial charge in [-0.25, -0.2) is 0 Å². The summed E-state index contributed by atoms with van der Waals surface area (Å²) in [6.45, 7) is 10.3. The van der Waals surface area contributed by atoms with Gasteiger partial charge in [0, 0.05) is 0 Å². The van der Waals surface area contributed by atoms with Crippen LogP contribution in [0.4, 0.5) is 0 Å². The van der Waals surface area contributed by atoms with Crippen LogP contribution in [-0.2, 0) is 13.6 Å². The van der Waals surface area contributed by atoms with Crippen molar-refractivity contribution in [3.8, 4) is 0 Å². The van der Waals surface area contributed by atoms with Crippen molar-refractivity contribution < 1.29 is 13.6 Å². The van der Waals surface area contributed by atoms with E-state index in [9.17, 15) is 4.57 Å². The van der Waals surface area contributed by atoms with Gasteiger partial charge in [-0.05, 0) is 12.8 Å². The van der Waals surface area contributed by atoms with Gasteiger partial charge in [0.15, 0.2) is 0 Å². The SMILES string of the molecule is CCCCCCCCCCCCCC.CCCCCCCCCCCCCCO[PH](=O)OCCCCCCCCCCCCCC. The molecule has 0 saturated carbocycles. The average molecular weight is 673 g/mol. The maximum atomic E-state index is 11.8. The predicted molar refractivity (Wildman–Crippen MR) is 210 cm³/mol. The molecule has 4 heteroatoms. The van der Waals surface area contributed by atoms with Crippen LogP contribution < -0.4 is 0 Å². The first-order valence-electron chi connectivity index (χ1n) is 21.5. The molecule has 0 amide bonds. The van der Waals surface area contributed by atoms with Crippen molar-refractivity contribution in [2.75, 3.05) is 13.2 Å². The molecule has 0 radical (unpaired) electrons. The molecule has 0 heterocycles. The van der Waals surface area contributed by atoms with E-state index in [0.717, 1.165) is 12.8 Å². The van der Waals surface area contributed by atoms with Crippen molar-refractivity contribution in [2.45, 2.75) is 259 Å². The van der Waals surface area contributed by atoms with Crippen molar-refractivity contribution in [3.05, 3.63) is 0 Å². The lowest BCUT2D eigenvalue weighted by Crippen LogP contribution is -1.92. The van der Waals surface area contributed by atoms with Crippen LogP contribution in [0.25, 0.3) is 0 Å². The second-order valence-corrected chi connectivity index (χ2v) is 15.3. The molecule has 0 unspecified atom stereocenters. The molecule has 0 aromatic heterocycles. The first kappa shape index (κ1) is 48.3. The van der Waals surface area contributed by atoms with E-state index in [4.69, 9.17) is 9.05 Å². The number of rotatable bonds is 39. The minimum Gasteiger partial charge on any atom is -0.311 e. The highest BCUT2D eigenvalue weighted by atomic mass is 31.1. The highest BCUT2D eigenvalue weighted by Crippen LogP contribution is 2.25. The van der Waals surface area contributed by atoms with Gasteiger partial charge in [0.05, 0.1) is 13.2 Å². The Labute approximate surface area is 293 Å². The minimum atomic E-state index is -2.27. The van der Waals surface area contributed by atoms with Crippen LogP contribution in [0.5, 0.6) is 0 Å². The van der Waals surface area contributed by atoms with Crippen LogP contribution in [0.2, 0.25) is 0 Å². The largest absolute Gasteiger partial charge is 0.319 e. The summed E-state index contributed by atoms with van der Waals surface area (Å²) in [5, 5.41) is 0. The summed E-state index contributed by atoms with van der Waals surface area (Å²) < 4.78 is 22.5. The lowest BCUT2D eigenvalue weighted by molar-refractivity contribution is 0.218. The Balaban J connectivity index is 0. The van der Waals surface area contributed by atoms with Crippen molar-refractivity contribution in [2.24, 2.45) is 0 Å². The molecule has 0 aliphatic heterocycles. The molecule has 0 N–H and O–H groups in total. The Morgan fingerprint density at radius 2 is 0.413 bits per heavy atom. The monoisotopic (exact) mass is 673 g/mol. The molecule has 0 spiro atoms. The lowest BCUT2D eigenvalue weighted by Gasteiger charge is -2.06. The number of hydrogen-bond donors (Lipinski definition) is 0. The molecule has 280 valence electrons. The van der Waals surface area contributed by atoms with E-state index in [2.05, 4.69) is 27.7 Å². The third-order valence-corrected chi connectivity index (χ3v) is 10.3. The predicted octanol–water partition coefficient (Wildman–Crippen LogP) is 16.5. The van der Waals surface area contributed by atoms with Gasteiger partial charge in [-0.2, -0.15) is 0 Å². The quantitative estimate of drug-likeness (QED) is 0.0481. The van der Waals surface area contributed by atoms with Crippen molar-refractivity contribution in [3.63, 3.8) is 0 Å². The Hall–Kier alpha value is 0.150. The van der Waals surface area contributed by atoms with Gasteiger partial charge in [0.1, 0.15) is 0 Å². The molecule has 3 nitrogen and oxygen atoms in total. The van der Waals surface area contributed by atoms with Gasteiger partial charge in [-0.1, -0.05) is 246 Å². The zero-order valence-corrected chi connectivity index (χ0v) is 33.6. The second-order valence-electron chi connectivity index (χ2n) is 14.3. The fourth-order valence-electron chi connectivity index (χ4n) is 6.15. The highest BCUT2D eigenvalue weighted by molar-refractivity contribution is 7.33. The Kier molecular flexibility index (Phi) is 49.6. The molecule has 0 aromatic rings. The first-order valence-corrected chi connectivity index (χ1v) is 22.7.